The molecule has 3 rings (SSSR count). The van der Waals surface area contributed by atoms with Gasteiger partial charge in [0.15, 0.2) is 23.1 Å². The highest BCUT2D eigenvalue weighted by Crippen LogP contribution is 2.44. The second-order valence-corrected chi connectivity index (χ2v) is 6.01. The van der Waals surface area contributed by atoms with Gasteiger partial charge in [-0.15, -0.1) is 11.6 Å². The Kier molecular flexibility index (Phi) is 3.54. The lowest BCUT2D eigenvalue weighted by atomic mass is 10.0. The number of benzene rings is 2. The molecule has 4 heteroatoms. The smallest absolute Gasteiger partial charge is 0.169 e. The highest BCUT2D eigenvalue weighted by molar-refractivity contribution is 6.17. The molecule has 0 saturated carbocycles. The molecule has 0 fully saturated rings. The van der Waals surface area contributed by atoms with Crippen LogP contribution >= 0.6 is 11.6 Å². The van der Waals surface area contributed by atoms with Crippen LogP contribution in [0.15, 0.2) is 36.4 Å². The van der Waals surface area contributed by atoms with Crippen molar-refractivity contribution in [2.24, 2.45) is 0 Å². The zero-order chi connectivity index (χ0) is 15.0. The summed E-state index contributed by atoms with van der Waals surface area (Å²) in [6.07, 6.45) is 0.805. The maximum absolute atomic E-state index is 14.0. The van der Waals surface area contributed by atoms with Gasteiger partial charge in [0, 0.05) is 17.5 Å². The zero-order valence-corrected chi connectivity index (χ0v) is 12.7. The van der Waals surface area contributed by atoms with E-state index in [9.17, 15) is 4.39 Å². The lowest BCUT2D eigenvalue weighted by molar-refractivity contribution is 0.135. The minimum Gasteiger partial charge on any atom is -0.483 e. The van der Waals surface area contributed by atoms with Crippen LogP contribution in [-0.2, 0) is 12.3 Å². The predicted octanol–water partition coefficient (Wildman–Crippen LogP) is 5.07. The third-order valence-electron chi connectivity index (χ3n) is 3.46. The maximum atomic E-state index is 14.0. The number of fused-ring (bicyclic) bond motifs is 1. The van der Waals surface area contributed by atoms with Crippen LogP contribution in [-0.4, -0.2) is 5.60 Å². The molecular formula is C17H16ClFO2. The third-order valence-corrected chi connectivity index (χ3v) is 3.75. The Morgan fingerprint density at radius 2 is 2.00 bits per heavy atom. The summed E-state index contributed by atoms with van der Waals surface area (Å²) in [5.41, 5.74) is 1.42. The predicted molar refractivity (Wildman–Crippen MR) is 80.9 cm³/mol. The average molecular weight is 307 g/mol. The van der Waals surface area contributed by atoms with Gasteiger partial charge in [0.05, 0.1) is 5.88 Å². The fourth-order valence-corrected chi connectivity index (χ4v) is 2.76. The molecule has 0 aromatic heterocycles. The summed E-state index contributed by atoms with van der Waals surface area (Å²) >= 11 is 5.85. The number of ether oxygens (including phenoxy) is 2. The largest absolute Gasteiger partial charge is 0.483 e. The lowest BCUT2D eigenvalue weighted by Crippen LogP contribution is -2.24. The normalized spacial score (nSPS) is 15.4. The summed E-state index contributed by atoms with van der Waals surface area (Å²) in [7, 11) is 0. The molecule has 0 aliphatic carbocycles. The maximum Gasteiger partial charge on any atom is 0.169 e. The van der Waals surface area contributed by atoms with Gasteiger partial charge in [0.1, 0.15) is 5.60 Å². The highest BCUT2D eigenvalue weighted by Gasteiger charge is 2.32. The van der Waals surface area contributed by atoms with Gasteiger partial charge in [-0.3, -0.25) is 0 Å². The van der Waals surface area contributed by atoms with Gasteiger partial charge in [-0.2, -0.15) is 0 Å². The van der Waals surface area contributed by atoms with Gasteiger partial charge >= 0.3 is 0 Å². The molecule has 1 heterocycles. The van der Waals surface area contributed by atoms with Crippen LogP contribution in [0.1, 0.15) is 25.0 Å². The fourth-order valence-electron chi connectivity index (χ4n) is 2.55. The second kappa shape index (κ2) is 5.23. The van der Waals surface area contributed by atoms with Crippen molar-refractivity contribution in [1.82, 2.24) is 0 Å². The van der Waals surface area contributed by atoms with E-state index in [0.29, 0.717) is 17.1 Å². The molecule has 0 unspecified atom stereocenters. The number of halogens is 2. The lowest BCUT2D eigenvalue weighted by Gasteiger charge is -2.18. The Bertz CT molecular complexity index is 682. The summed E-state index contributed by atoms with van der Waals surface area (Å²) in [4.78, 5) is 0. The number of hydrogen-bond donors (Lipinski definition) is 0. The average Bonchev–Trinajstić information content (AvgIpc) is 2.76. The molecular weight excluding hydrogens is 291 g/mol. The van der Waals surface area contributed by atoms with E-state index in [0.717, 1.165) is 12.0 Å². The molecule has 0 amide bonds. The van der Waals surface area contributed by atoms with Crippen molar-refractivity contribution < 1.29 is 13.9 Å². The Morgan fingerprint density at radius 1 is 1.24 bits per heavy atom. The first-order chi connectivity index (χ1) is 10.00. The Labute approximate surface area is 128 Å². The van der Waals surface area contributed by atoms with E-state index >= 15 is 0 Å². The summed E-state index contributed by atoms with van der Waals surface area (Å²) in [5.74, 6) is 1.13. The van der Waals surface area contributed by atoms with Gasteiger partial charge < -0.3 is 9.47 Å². The van der Waals surface area contributed by atoms with Crippen LogP contribution in [0.4, 0.5) is 4.39 Å². The molecule has 21 heavy (non-hydrogen) atoms. The zero-order valence-electron chi connectivity index (χ0n) is 12.0. The molecule has 1 aliphatic heterocycles. The molecule has 2 nitrogen and oxygen atoms in total. The van der Waals surface area contributed by atoms with Crippen molar-refractivity contribution in [3.05, 3.63) is 53.3 Å². The molecule has 2 aromatic rings. The van der Waals surface area contributed by atoms with Gasteiger partial charge in [0.2, 0.25) is 0 Å². The molecule has 0 bridgehead atoms. The standard InChI is InChI=1S/C17H16ClFO2/c1-17(2)9-11-5-4-8-14(16(11)21-17)20-15-12(10-18)6-3-7-13(15)19/h3-8H,9-10H2,1-2H3. The Hall–Kier alpha value is -1.74. The van der Waals surface area contributed by atoms with Crippen LogP contribution < -0.4 is 9.47 Å². The summed E-state index contributed by atoms with van der Waals surface area (Å²) < 4.78 is 25.7. The number of alkyl halides is 1. The summed E-state index contributed by atoms with van der Waals surface area (Å²) in [5, 5.41) is 0. The molecule has 0 spiro atoms. The van der Waals surface area contributed by atoms with Crippen LogP contribution in [0, 0.1) is 5.82 Å². The molecule has 110 valence electrons. The van der Waals surface area contributed by atoms with E-state index in [-0.39, 0.29) is 17.2 Å². The van der Waals surface area contributed by atoms with Gasteiger partial charge in [-0.05, 0) is 26.0 Å². The first kappa shape index (κ1) is 14.2. The Morgan fingerprint density at radius 3 is 2.76 bits per heavy atom. The van der Waals surface area contributed by atoms with E-state index in [1.165, 1.54) is 6.07 Å². The molecule has 2 aromatic carbocycles. The quantitative estimate of drug-likeness (QED) is 0.737. The highest BCUT2D eigenvalue weighted by atomic mass is 35.5. The minimum absolute atomic E-state index is 0.161. The topological polar surface area (TPSA) is 18.5 Å². The number of hydrogen-bond acceptors (Lipinski definition) is 2. The van der Waals surface area contributed by atoms with Crippen molar-refractivity contribution in [2.75, 3.05) is 0 Å². The second-order valence-electron chi connectivity index (χ2n) is 5.75. The fraction of sp³-hybridized carbons (Fsp3) is 0.294. The first-order valence-corrected chi connectivity index (χ1v) is 7.36. The molecule has 0 atom stereocenters. The van der Waals surface area contributed by atoms with E-state index in [4.69, 9.17) is 21.1 Å². The molecule has 0 radical (unpaired) electrons. The van der Waals surface area contributed by atoms with Crippen molar-refractivity contribution in [2.45, 2.75) is 31.7 Å². The summed E-state index contributed by atoms with van der Waals surface area (Å²) in [6, 6.07) is 10.4. The first-order valence-electron chi connectivity index (χ1n) is 6.82. The minimum atomic E-state index is -0.428. The van der Waals surface area contributed by atoms with E-state index in [2.05, 4.69) is 0 Å². The third kappa shape index (κ3) is 2.70. The number of rotatable bonds is 3. The van der Waals surface area contributed by atoms with Crippen LogP contribution in [0.2, 0.25) is 0 Å². The summed E-state index contributed by atoms with van der Waals surface area (Å²) in [6.45, 7) is 4.04. The molecule has 1 aliphatic rings. The SMILES string of the molecule is CC1(C)Cc2cccc(Oc3c(F)cccc3CCl)c2O1. The van der Waals surface area contributed by atoms with E-state index < -0.39 is 5.82 Å². The Balaban J connectivity index is 2.00. The molecule has 0 N–H and O–H groups in total. The molecule has 0 saturated heterocycles. The van der Waals surface area contributed by atoms with Crippen molar-refractivity contribution in [3.63, 3.8) is 0 Å². The van der Waals surface area contributed by atoms with Crippen molar-refractivity contribution in [1.29, 1.82) is 0 Å². The van der Waals surface area contributed by atoms with E-state index in [1.807, 2.05) is 26.0 Å². The monoisotopic (exact) mass is 306 g/mol. The van der Waals surface area contributed by atoms with Crippen molar-refractivity contribution in [3.8, 4) is 17.2 Å². The van der Waals surface area contributed by atoms with Crippen LogP contribution in [0.5, 0.6) is 17.2 Å². The van der Waals surface area contributed by atoms with E-state index in [1.54, 1.807) is 18.2 Å². The van der Waals surface area contributed by atoms with Gasteiger partial charge in [-0.1, -0.05) is 24.3 Å². The van der Waals surface area contributed by atoms with Crippen molar-refractivity contribution >= 4 is 11.6 Å². The van der Waals surface area contributed by atoms with Crippen LogP contribution in [0.25, 0.3) is 0 Å². The van der Waals surface area contributed by atoms with Gasteiger partial charge in [-0.25, -0.2) is 4.39 Å². The van der Waals surface area contributed by atoms with Crippen LogP contribution in [0.3, 0.4) is 0 Å². The van der Waals surface area contributed by atoms with Gasteiger partial charge in [0.25, 0.3) is 0 Å². The number of para-hydroxylation sites is 2.